The maximum absolute atomic E-state index is 6.05. The highest BCUT2D eigenvalue weighted by atomic mass is 35.5. The summed E-state index contributed by atoms with van der Waals surface area (Å²) >= 11 is 6.05. The van der Waals surface area contributed by atoms with Gasteiger partial charge in [-0.3, -0.25) is 4.90 Å². The van der Waals surface area contributed by atoms with E-state index in [1.807, 2.05) is 13.0 Å². The molecule has 0 aliphatic carbocycles. The van der Waals surface area contributed by atoms with Crippen LogP contribution in [0.2, 0.25) is 5.15 Å². The van der Waals surface area contributed by atoms with E-state index in [9.17, 15) is 0 Å². The van der Waals surface area contributed by atoms with Crippen molar-refractivity contribution in [3.05, 3.63) is 28.5 Å². The fraction of sp³-hybridized carbons (Fsp3) is 0.583. The maximum Gasteiger partial charge on any atom is 0.132 e. The smallest absolute Gasteiger partial charge is 0.132 e. The normalized spacial score (nSPS) is 19.7. The molecule has 0 bridgehead atoms. The summed E-state index contributed by atoms with van der Waals surface area (Å²) in [5, 5.41) is 3.98. The monoisotopic (exact) mass is 239 g/mol. The van der Waals surface area contributed by atoms with Gasteiger partial charge in [0.25, 0.3) is 0 Å². The number of aromatic nitrogens is 1. The molecular formula is C12H18ClN3. The Bertz CT molecular complexity index is 361. The van der Waals surface area contributed by atoms with E-state index < -0.39 is 0 Å². The zero-order valence-electron chi connectivity index (χ0n) is 9.83. The van der Waals surface area contributed by atoms with E-state index >= 15 is 0 Å². The molecule has 2 heterocycles. The number of halogens is 1. The average molecular weight is 240 g/mol. The van der Waals surface area contributed by atoms with Gasteiger partial charge in [0, 0.05) is 32.2 Å². The van der Waals surface area contributed by atoms with Gasteiger partial charge in [-0.25, -0.2) is 4.98 Å². The summed E-state index contributed by atoms with van der Waals surface area (Å²) in [7, 11) is 0. The Kier molecular flexibility index (Phi) is 3.79. The third-order valence-corrected chi connectivity index (χ3v) is 3.57. The van der Waals surface area contributed by atoms with E-state index in [2.05, 4.69) is 28.2 Å². The Labute approximate surface area is 102 Å². The summed E-state index contributed by atoms with van der Waals surface area (Å²) in [6.07, 6.45) is 0. The fourth-order valence-corrected chi connectivity index (χ4v) is 2.17. The Morgan fingerprint density at radius 2 is 2.06 bits per heavy atom. The highest BCUT2D eigenvalue weighted by Gasteiger charge is 2.19. The first-order chi connectivity index (χ1) is 7.68. The minimum Gasteiger partial charge on any atom is -0.314 e. The van der Waals surface area contributed by atoms with Crippen LogP contribution in [0, 0.1) is 6.92 Å². The number of pyridine rings is 1. The van der Waals surface area contributed by atoms with Gasteiger partial charge in [-0.05, 0) is 25.5 Å². The number of rotatable bonds is 2. The Balaban J connectivity index is 2.12. The van der Waals surface area contributed by atoms with Crippen LogP contribution in [0.25, 0.3) is 0 Å². The molecule has 1 fully saturated rings. The molecule has 3 nitrogen and oxygen atoms in total. The number of hydrogen-bond donors (Lipinski definition) is 1. The first kappa shape index (κ1) is 11.8. The molecule has 4 heteroatoms. The SMILES string of the molecule is Cc1ccc(C(C)N2CCNCC2)nc1Cl. The molecule has 0 aromatic carbocycles. The first-order valence-corrected chi connectivity index (χ1v) is 6.14. The number of piperazine rings is 1. The molecule has 1 saturated heterocycles. The Morgan fingerprint density at radius 3 is 2.69 bits per heavy atom. The molecule has 1 aromatic heterocycles. The van der Waals surface area contributed by atoms with E-state index in [0.29, 0.717) is 11.2 Å². The molecule has 0 radical (unpaired) electrons. The Morgan fingerprint density at radius 1 is 1.38 bits per heavy atom. The van der Waals surface area contributed by atoms with Crippen molar-refractivity contribution >= 4 is 11.6 Å². The molecule has 1 aliphatic rings. The predicted octanol–water partition coefficient (Wildman–Crippen LogP) is 2.01. The molecule has 1 aliphatic heterocycles. The number of nitrogens with zero attached hydrogens (tertiary/aromatic N) is 2. The topological polar surface area (TPSA) is 28.2 Å². The standard InChI is InChI=1S/C12H18ClN3/c1-9-3-4-11(15-12(9)13)10(2)16-7-5-14-6-8-16/h3-4,10,14H,5-8H2,1-2H3. The van der Waals surface area contributed by atoms with Gasteiger partial charge in [-0.2, -0.15) is 0 Å². The minimum atomic E-state index is 0.347. The van der Waals surface area contributed by atoms with Gasteiger partial charge >= 0.3 is 0 Å². The summed E-state index contributed by atoms with van der Waals surface area (Å²) in [6.45, 7) is 8.45. The largest absolute Gasteiger partial charge is 0.314 e. The second-order valence-electron chi connectivity index (χ2n) is 4.31. The molecule has 0 spiro atoms. The molecule has 88 valence electrons. The van der Waals surface area contributed by atoms with Gasteiger partial charge < -0.3 is 5.32 Å². The lowest BCUT2D eigenvalue weighted by Gasteiger charge is -2.32. The van der Waals surface area contributed by atoms with Gasteiger partial charge in [0.1, 0.15) is 5.15 Å². The summed E-state index contributed by atoms with van der Waals surface area (Å²) in [6, 6.07) is 4.47. The zero-order valence-corrected chi connectivity index (χ0v) is 10.6. The number of aryl methyl sites for hydroxylation is 1. The summed E-state index contributed by atoms with van der Waals surface area (Å²) in [5.41, 5.74) is 2.11. The third-order valence-electron chi connectivity index (χ3n) is 3.18. The predicted molar refractivity (Wildman–Crippen MR) is 66.8 cm³/mol. The highest BCUT2D eigenvalue weighted by molar-refractivity contribution is 6.30. The van der Waals surface area contributed by atoms with Crippen LogP contribution in [0.15, 0.2) is 12.1 Å². The summed E-state index contributed by atoms with van der Waals surface area (Å²) in [4.78, 5) is 6.89. The quantitative estimate of drug-likeness (QED) is 0.801. The van der Waals surface area contributed by atoms with Crippen LogP contribution < -0.4 is 5.32 Å². The third kappa shape index (κ3) is 2.54. The van der Waals surface area contributed by atoms with Crippen LogP contribution in [-0.4, -0.2) is 36.1 Å². The molecule has 1 unspecified atom stereocenters. The van der Waals surface area contributed by atoms with Crippen molar-refractivity contribution in [2.24, 2.45) is 0 Å². The van der Waals surface area contributed by atoms with Gasteiger partial charge in [-0.1, -0.05) is 17.7 Å². The lowest BCUT2D eigenvalue weighted by Crippen LogP contribution is -2.44. The zero-order chi connectivity index (χ0) is 11.5. The second-order valence-corrected chi connectivity index (χ2v) is 4.66. The fourth-order valence-electron chi connectivity index (χ4n) is 2.01. The van der Waals surface area contributed by atoms with Gasteiger partial charge in [0.2, 0.25) is 0 Å². The molecule has 1 atom stereocenters. The molecular weight excluding hydrogens is 222 g/mol. The summed E-state index contributed by atoms with van der Waals surface area (Å²) in [5.74, 6) is 0. The van der Waals surface area contributed by atoms with Crippen LogP contribution in [0.3, 0.4) is 0 Å². The van der Waals surface area contributed by atoms with Crippen molar-refractivity contribution < 1.29 is 0 Å². The van der Waals surface area contributed by atoms with Gasteiger partial charge in [-0.15, -0.1) is 0 Å². The minimum absolute atomic E-state index is 0.347. The maximum atomic E-state index is 6.05. The van der Waals surface area contributed by atoms with Crippen LogP contribution in [0.5, 0.6) is 0 Å². The lowest BCUT2D eigenvalue weighted by atomic mass is 10.1. The van der Waals surface area contributed by atoms with Crippen molar-refractivity contribution in [2.45, 2.75) is 19.9 Å². The van der Waals surface area contributed by atoms with Gasteiger partial charge in [0.05, 0.1) is 5.69 Å². The molecule has 1 N–H and O–H groups in total. The van der Waals surface area contributed by atoms with E-state index in [-0.39, 0.29) is 0 Å². The second kappa shape index (κ2) is 5.13. The Hall–Kier alpha value is -0.640. The van der Waals surface area contributed by atoms with Crippen LogP contribution >= 0.6 is 11.6 Å². The number of hydrogen-bond acceptors (Lipinski definition) is 3. The molecule has 16 heavy (non-hydrogen) atoms. The molecule has 0 saturated carbocycles. The van der Waals surface area contributed by atoms with Crippen molar-refractivity contribution in [1.82, 2.24) is 15.2 Å². The number of nitrogens with one attached hydrogen (secondary N) is 1. The van der Waals surface area contributed by atoms with Crippen LogP contribution in [0.1, 0.15) is 24.2 Å². The van der Waals surface area contributed by atoms with Crippen molar-refractivity contribution in [3.8, 4) is 0 Å². The highest BCUT2D eigenvalue weighted by Crippen LogP contribution is 2.21. The van der Waals surface area contributed by atoms with Crippen LogP contribution in [0.4, 0.5) is 0 Å². The van der Waals surface area contributed by atoms with Crippen molar-refractivity contribution in [1.29, 1.82) is 0 Å². The van der Waals surface area contributed by atoms with E-state index in [1.54, 1.807) is 0 Å². The average Bonchev–Trinajstić information content (AvgIpc) is 2.33. The van der Waals surface area contributed by atoms with E-state index in [4.69, 9.17) is 11.6 Å². The van der Waals surface area contributed by atoms with Crippen molar-refractivity contribution in [2.75, 3.05) is 26.2 Å². The molecule has 0 amide bonds. The van der Waals surface area contributed by atoms with Gasteiger partial charge in [0.15, 0.2) is 0 Å². The first-order valence-electron chi connectivity index (χ1n) is 5.76. The lowest BCUT2D eigenvalue weighted by molar-refractivity contribution is 0.182. The van der Waals surface area contributed by atoms with E-state index in [1.165, 1.54) is 0 Å². The van der Waals surface area contributed by atoms with Crippen LogP contribution in [-0.2, 0) is 0 Å². The molecule has 1 aromatic rings. The summed E-state index contributed by atoms with van der Waals surface area (Å²) < 4.78 is 0. The molecule has 2 rings (SSSR count). The van der Waals surface area contributed by atoms with E-state index in [0.717, 1.165) is 37.4 Å². The van der Waals surface area contributed by atoms with Crippen molar-refractivity contribution in [3.63, 3.8) is 0 Å².